The molecule has 2 aromatic carbocycles. The lowest BCUT2D eigenvalue weighted by molar-refractivity contribution is 0.0923. The fourth-order valence-electron chi connectivity index (χ4n) is 2.70. The van der Waals surface area contributed by atoms with E-state index in [0.717, 1.165) is 0 Å². The van der Waals surface area contributed by atoms with Crippen LogP contribution in [0.2, 0.25) is 10.0 Å². The van der Waals surface area contributed by atoms with Crippen LogP contribution in [0.25, 0.3) is 11.3 Å². The van der Waals surface area contributed by atoms with Crippen LogP contribution in [-0.4, -0.2) is 34.6 Å². The maximum absolute atomic E-state index is 12.7. The number of benzene rings is 2. The van der Waals surface area contributed by atoms with Crippen molar-refractivity contribution in [3.63, 3.8) is 0 Å². The molecule has 8 heteroatoms. The molecule has 1 unspecified atom stereocenters. The van der Waals surface area contributed by atoms with Crippen LogP contribution < -0.4 is 10.6 Å². The average molecular weight is 444 g/mol. The molecule has 30 heavy (non-hydrogen) atoms. The Morgan fingerprint density at radius 1 is 1.03 bits per heavy atom. The van der Waals surface area contributed by atoms with Crippen LogP contribution in [0.3, 0.4) is 0 Å². The van der Waals surface area contributed by atoms with Crippen molar-refractivity contribution in [2.75, 3.05) is 11.9 Å². The molecule has 2 amide bonds. The van der Waals surface area contributed by atoms with Gasteiger partial charge in [-0.3, -0.25) is 14.6 Å². The molecule has 1 atom stereocenters. The summed E-state index contributed by atoms with van der Waals surface area (Å²) in [6, 6.07) is 15.0. The molecule has 0 saturated carbocycles. The van der Waals surface area contributed by atoms with E-state index in [1.807, 2.05) is 12.1 Å². The number of anilines is 1. The maximum atomic E-state index is 12.7. The van der Waals surface area contributed by atoms with Gasteiger partial charge in [0.1, 0.15) is 0 Å². The van der Waals surface area contributed by atoms with E-state index >= 15 is 0 Å². The molecular weight excluding hydrogens is 425 g/mol. The van der Waals surface area contributed by atoms with Gasteiger partial charge in [0.05, 0.1) is 27.4 Å². The lowest BCUT2D eigenvalue weighted by Crippen LogP contribution is -2.30. The first-order chi connectivity index (χ1) is 14.3. The Hall–Kier alpha value is -2.93. The normalized spacial score (nSPS) is 11.6. The number of hydrogen-bond donors (Lipinski definition) is 3. The van der Waals surface area contributed by atoms with Crippen molar-refractivity contribution in [1.82, 2.24) is 10.3 Å². The van der Waals surface area contributed by atoms with E-state index in [-0.39, 0.29) is 23.0 Å². The summed E-state index contributed by atoms with van der Waals surface area (Å²) in [5.41, 5.74) is 2.41. The summed E-state index contributed by atoms with van der Waals surface area (Å²) in [5, 5.41) is 15.3. The second-order valence-corrected chi connectivity index (χ2v) is 7.43. The molecule has 0 spiro atoms. The monoisotopic (exact) mass is 443 g/mol. The van der Waals surface area contributed by atoms with E-state index in [1.165, 1.54) is 18.2 Å². The molecule has 154 valence electrons. The first kappa shape index (κ1) is 21.8. The number of carbonyl (C=O) groups excluding carboxylic acids is 2. The van der Waals surface area contributed by atoms with E-state index in [4.69, 9.17) is 23.2 Å². The van der Waals surface area contributed by atoms with Crippen molar-refractivity contribution in [3.05, 3.63) is 82.0 Å². The minimum absolute atomic E-state index is 0.119. The Labute approximate surface area is 183 Å². The Bertz CT molecular complexity index is 1070. The third-order valence-electron chi connectivity index (χ3n) is 4.20. The molecule has 0 saturated heterocycles. The summed E-state index contributed by atoms with van der Waals surface area (Å²) in [5.74, 6) is -0.812. The molecule has 0 radical (unpaired) electrons. The molecule has 3 rings (SSSR count). The number of carbonyl (C=O) groups is 2. The molecular formula is C22H19Cl2N3O3. The van der Waals surface area contributed by atoms with Crippen LogP contribution in [0.5, 0.6) is 0 Å². The number of rotatable bonds is 6. The fourth-order valence-corrected chi connectivity index (χ4v) is 3.18. The second-order valence-electron chi connectivity index (χ2n) is 6.62. The maximum Gasteiger partial charge on any atom is 0.257 e. The topological polar surface area (TPSA) is 91.3 Å². The highest BCUT2D eigenvalue weighted by atomic mass is 35.5. The lowest BCUT2D eigenvalue weighted by Gasteiger charge is -2.11. The fraction of sp³-hybridized carbons (Fsp3) is 0.136. The molecule has 0 aliphatic carbocycles. The number of aliphatic hydroxyl groups is 1. The number of pyridine rings is 1. The standard InChI is InChI=1S/C22H19Cl2N3O3/c1-13(28)12-26-21(29)14-5-7-16(19(24)10-14)22(30)27-15-6-8-18(23)17(11-15)20-4-2-3-9-25-20/h2-11,13,28H,12H2,1H3,(H,26,29)(H,27,30). The van der Waals surface area contributed by atoms with Crippen LogP contribution in [-0.2, 0) is 0 Å². The van der Waals surface area contributed by atoms with Gasteiger partial charge in [-0.05, 0) is 55.5 Å². The number of nitrogens with one attached hydrogen (secondary N) is 2. The lowest BCUT2D eigenvalue weighted by atomic mass is 10.1. The van der Waals surface area contributed by atoms with Crippen molar-refractivity contribution < 1.29 is 14.7 Å². The summed E-state index contributed by atoms with van der Waals surface area (Å²) in [4.78, 5) is 29.0. The molecule has 3 aromatic rings. The molecule has 0 aliphatic rings. The van der Waals surface area contributed by atoms with Gasteiger partial charge in [0.15, 0.2) is 0 Å². The third-order valence-corrected chi connectivity index (χ3v) is 4.84. The van der Waals surface area contributed by atoms with E-state index in [9.17, 15) is 14.7 Å². The minimum atomic E-state index is -0.662. The second kappa shape index (κ2) is 9.71. The van der Waals surface area contributed by atoms with Crippen molar-refractivity contribution >= 4 is 40.7 Å². The predicted molar refractivity (Wildman–Crippen MR) is 118 cm³/mol. The molecule has 6 nitrogen and oxygen atoms in total. The van der Waals surface area contributed by atoms with Gasteiger partial charge in [-0.1, -0.05) is 29.3 Å². The molecule has 0 bridgehead atoms. The van der Waals surface area contributed by atoms with E-state index in [1.54, 1.807) is 37.4 Å². The number of aliphatic hydroxyl groups excluding tert-OH is 1. The van der Waals surface area contributed by atoms with Gasteiger partial charge in [0.25, 0.3) is 11.8 Å². The van der Waals surface area contributed by atoms with Gasteiger partial charge in [0.2, 0.25) is 0 Å². The van der Waals surface area contributed by atoms with Gasteiger partial charge >= 0.3 is 0 Å². The molecule has 1 heterocycles. The van der Waals surface area contributed by atoms with Crippen molar-refractivity contribution in [1.29, 1.82) is 0 Å². The Kier molecular flexibility index (Phi) is 7.05. The molecule has 1 aromatic heterocycles. The van der Waals surface area contributed by atoms with Gasteiger partial charge in [0, 0.05) is 29.6 Å². The quantitative estimate of drug-likeness (QED) is 0.525. The van der Waals surface area contributed by atoms with Gasteiger partial charge < -0.3 is 15.7 Å². The number of hydrogen-bond acceptors (Lipinski definition) is 4. The molecule has 3 N–H and O–H groups in total. The first-order valence-electron chi connectivity index (χ1n) is 9.13. The van der Waals surface area contributed by atoms with Crippen LogP contribution in [0, 0.1) is 0 Å². The average Bonchev–Trinajstić information content (AvgIpc) is 2.73. The number of aromatic nitrogens is 1. The highest BCUT2D eigenvalue weighted by Crippen LogP contribution is 2.29. The van der Waals surface area contributed by atoms with Crippen LogP contribution >= 0.6 is 23.2 Å². The highest BCUT2D eigenvalue weighted by Gasteiger charge is 2.15. The summed E-state index contributed by atoms with van der Waals surface area (Å²) in [7, 11) is 0. The van der Waals surface area contributed by atoms with Crippen LogP contribution in [0.15, 0.2) is 60.8 Å². The van der Waals surface area contributed by atoms with Gasteiger partial charge in [-0.25, -0.2) is 0 Å². The van der Waals surface area contributed by atoms with E-state index < -0.39 is 12.0 Å². The third kappa shape index (κ3) is 5.36. The van der Waals surface area contributed by atoms with Crippen molar-refractivity contribution in [2.45, 2.75) is 13.0 Å². The van der Waals surface area contributed by atoms with Crippen LogP contribution in [0.1, 0.15) is 27.6 Å². The van der Waals surface area contributed by atoms with Crippen LogP contribution in [0.4, 0.5) is 5.69 Å². The van der Waals surface area contributed by atoms with E-state index in [2.05, 4.69) is 15.6 Å². The van der Waals surface area contributed by atoms with E-state index in [0.29, 0.717) is 27.5 Å². The Morgan fingerprint density at radius 3 is 2.50 bits per heavy atom. The van der Waals surface area contributed by atoms with Gasteiger partial charge in [-0.15, -0.1) is 0 Å². The van der Waals surface area contributed by atoms with Crippen molar-refractivity contribution in [3.8, 4) is 11.3 Å². The zero-order valence-electron chi connectivity index (χ0n) is 16.0. The molecule has 0 fully saturated rings. The molecule has 0 aliphatic heterocycles. The summed E-state index contributed by atoms with van der Waals surface area (Å²) in [6.45, 7) is 1.69. The number of halogens is 2. The summed E-state index contributed by atoms with van der Waals surface area (Å²) >= 11 is 12.5. The Balaban J connectivity index is 1.77. The summed E-state index contributed by atoms with van der Waals surface area (Å²) in [6.07, 6.45) is 1.00. The highest BCUT2D eigenvalue weighted by molar-refractivity contribution is 6.35. The van der Waals surface area contributed by atoms with Gasteiger partial charge in [-0.2, -0.15) is 0 Å². The SMILES string of the molecule is CC(O)CNC(=O)c1ccc(C(=O)Nc2ccc(Cl)c(-c3ccccn3)c2)c(Cl)c1. The first-order valence-corrected chi connectivity index (χ1v) is 9.89. The Morgan fingerprint density at radius 2 is 1.83 bits per heavy atom. The smallest absolute Gasteiger partial charge is 0.257 e. The summed E-state index contributed by atoms with van der Waals surface area (Å²) < 4.78 is 0. The minimum Gasteiger partial charge on any atom is -0.392 e. The number of nitrogens with zero attached hydrogens (tertiary/aromatic N) is 1. The van der Waals surface area contributed by atoms with Crippen molar-refractivity contribution in [2.24, 2.45) is 0 Å². The largest absolute Gasteiger partial charge is 0.392 e. The zero-order chi connectivity index (χ0) is 21.7. The zero-order valence-corrected chi connectivity index (χ0v) is 17.5. The predicted octanol–water partition coefficient (Wildman–Crippen LogP) is 4.42. The number of amides is 2.